The highest BCUT2D eigenvalue weighted by atomic mass is 127. The maximum Gasteiger partial charge on any atom is 0.295 e. The van der Waals surface area contributed by atoms with Crippen molar-refractivity contribution in [1.29, 1.82) is 0 Å². The third-order valence-electron chi connectivity index (χ3n) is 2.40. The van der Waals surface area contributed by atoms with Crippen molar-refractivity contribution in [3.63, 3.8) is 0 Å². The summed E-state index contributed by atoms with van der Waals surface area (Å²) in [5, 5.41) is 9.22. The summed E-state index contributed by atoms with van der Waals surface area (Å²) >= 11 is 1.95. The first kappa shape index (κ1) is 13.9. The van der Waals surface area contributed by atoms with Crippen LogP contribution in [-0.2, 0) is 6.42 Å². The molecule has 1 aromatic carbocycles. The van der Waals surface area contributed by atoms with Crippen LogP contribution in [0, 0.1) is 9.39 Å². The quantitative estimate of drug-likeness (QED) is 0.809. The molecule has 0 atom stereocenters. The van der Waals surface area contributed by atoms with Gasteiger partial charge in [0.05, 0.1) is 5.69 Å². The van der Waals surface area contributed by atoms with Gasteiger partial charge in [-0.1, -0.05) is 6.92 Å². The van der Waals surface area contributed by atoms with Crippen LogP contribution in [0.25, 0.3) is 0 Å². The second kappa shape index (κ2) is 6.09. The normalized spacial score (nSPS) is 10.5. The predicted molar refractivity (Wildman–Crippen MR) is 77.4 cm³/mol. The van der Waals surface area contributed by atoms with E-state index in [0.29, 0.717) is 15.1 Å². The third kappa shape index (κ3) is 3.49. The van der Waals surface area contributed by atoms with Crippen LogP contribution in [0.1, 0.15) is 29.8 Å². The van der Waals surface area contributed by atoms with Gasteiger partial charge in [0.2, 0.25) is 5.82 Å². The highest BCUT2D eigenvalue weighted by Gasteiger charge is 2.13. The van der Waals surface area contributed by atoms with Gasteiger partial charge in [0.1, 0.15) is 11.6 Å². The van der Waals surface area contributed by atoms with Gasteiger partial charge in [0, 0.05) is 9.99 Å². The lowest BCUT2D eigenvalue weighted by Gasteiger charge is -2.04. The highest BCUT2D eigenvalue weighted by molar-refractivity contribution is 14.1. The average Bonchev–Trinajstić information content (AvgIpc) is 2.82. The van der Waals surface area contributed by atoms with E-state index in [1.807, 2.05) is 29.5 Å². The molecule has 7 heteroatoms. The number of amides is 1. The number of carbonyl (C=O) groups is 1. The summed E-state index contributed by atoms with van der Waals surface area (Å²) in [5.74, 6) is 0.0127. The first-order valence-corrected chi connectivity index (χ1v) is 6.85. The minimum absolute atomic E-state index is 0.0866. The smallest absolute Gasteiger partial charge is 0.295 e. The lowest BCUT2D eigenvalue weighted by molar-refractivity contribution is 0.101. The number of benzene rings is 1. The molecular weight excluding hydrogens is 362 g/mol. The Balaban J connectivity index is 2.11. The van der Waals surface area contributed by atoms with Gasteiger partial charge in [0.15, 0.2) is 0 Å². The zero-order chi connectivity index (χ0) is 13.8. The molecule has 2 rings (SSSR count). The molecule has 0 saturated carbocycles. The van der Waals surface area contributed by atoms with Crippen molar-refractivity contribution in [2.24, 2.45) is 0 Å². The number of aryl methyl sites for hydroxylation is 1. The van der Waals surface area contributed by atoms with E-state index in [0.717, 1.165) is 12.8 Å². The molecule has 0 bridgehead atoms. The Morgan fingerprint density at radius 2 is 2.32 bits per heavy atom. The SMILES string of the molecule is CCCc1nc(C(=O)Nc2ccc(F)cc2I)n[nH]1. The molecule has 0 aliphatic rings. The molecule has 2 N–H and O–H groups in total. The number of nitrogens with zero attached hydrogens (tertiary/aromatic N) is 2. The minimum atomic E-state index is -0.414. The van der Waals surface area contributed by atoms with Gasteiger partial charge in [0.25, 0.3) is 5.91 Å². The molecule has 5 nitrogen and oxygen atoms in total. The van der Waals surface area contributed by atoms with Gasteiger partial charge in [-0.15, -0.1) is 5.10 Å². The molecule has 1 heterocycles. The Labute approximate surface area is 123 Å². The lowest BCUT2D eigenvalue weighted by Crippen LogP contribution is -2.14. The molecule has 0 unspecified atom stereocenters. The van der Waals surface area contributed by atoms with E-state index in [2.05, 4.69) is 20.5 Å². The summed E-state index contributed by atoms with van der Waals surface area (Å²) in [6, 6.07) is 4.14. The second-order valence-electron chi connectivity index (χ2n) is 3.93. The number of hydrogen-bond donors (Lipinski definition) is 2. The zero-order valence-corrected chi connectivity index (χ0v) is 12.4. The van der Waals surface area contributed by atoms with E-state index in [1.54, 1.807) is 0 Å². The molecule has 0 fully saturated rings. The minimum Gasteiger partial charge on any atom is -0.318 e. The number of rotatable bonds is 4. The molecular formula is C12H12FIN4O. The Hall–Kier alpha value is -1.51. The summed E-state index contributed by atoms with van der Waals surface area (Å²) in [7, 11) is 0. The summed E-state index contributed by atoms with van der Waals surface area (Å²) in [6.07, 6.45) is 1.67. The number of nitrogens with one attached hydrogen (secondary N) is 2. The van der Waals surface area contributed by atoms with Crippen molar-refractivity contribution in [2.45, 2.75) is 19.8 Å². The van der Waals surface area contributed by atoms with Gasteiger partial charge >= 0.3 is 0 Å². The Morgan fingerprint density at radius 3 is 3.00 bits per heavy atom. The number of aromatic amines is 1. The molecule has 0 aliphatic heterocycles. The number of halogens is 2. The van der Waals surface area contributed by atoms with E-state index in [4.69, 9.17) is 0 Å². The first-order chi connectivity index (χ1) is 9.10. The van der Waals surface area contributed by atoms with E-state index < -0.39 is 5.91 Å². The van der Waals surface area contributed by atoms with E-state index in [9.17, 15) is 9.18 Å². The molecule has 0 aliphatic carbocycles. The van der Waals surface area contributed by atoms with Crippen molar-refractivity contribution >= 4 is 34.2 Å². The van der Waals surface area contributed by atoms with Crippen molar-refractivity contribution in [2.75, 3.05) is 5.32 Å². The van der Waals surface area contributed by atoms with Crippen molar-refractivity contribution in [1.82, 2.24) is 15.2 Å². The molecule has 19 heavy (non-hydrogen) atoms. The Kier molecular flexibility index (Phi) is 4.46. The van der Waals surface area contributed by atoms with Crippen LogP contribution in [0.2, 0.25) is 0 Å². The van der Waals surface area contributed by atoms with Crippen molar-refractivity contribution < 1.29 is 9.18 Å². The van der Waals surface area contributed by atoms with Crippen LogP contribution in [0.4, 0.5) is 10.1 Å². The maximum absolute atomic E-state index is 12.9. The fourth-order valence-corrected chi connectivity index (χ4v) is 2.13. The first-order valence-electron chi connectivity index (χ1n) is 5.78. The van der Waals surface area contributed by atoms with Gasteiger partial charge in [-0.05, 0) is 47.2 Å². The van der Waals surface area contributed by atoms with Crippen LogP contribution in [0.3, 0.4) is 0 Å². The van der Waals surface area contributed by atoms with E-state index >= 15 is 0 Å². The number of aromatic nitrogens is 3. The monoisotopic (exact) mass is 374 g/mol. The summed E-state index contributed by atoms with van der Waals surface area (Å²) in [4.78, 5) is 16.0. The van der Waals surface area contributed by atoms with Crippen LogP contribution in [0.15, 0.2) is 18.2 Å². The molecule has 0 radical (unpaired) electrons. The summed E-state index contributed by atoms with van der Waals surface area (Å²) in [5.41, 5.74) is 0.536. The van der Waals surface area contributed by atoms with Crippen LogP contribution < -0.4 is 5.32 Å². The van der Waals surface area contributed by atoms with Gasteiger partial charge in [-0.25, -0.2) is 9.37 Å². The van der Waals surface area contributed by atoms with Crippen LogP contribution in [0.5, 0.6) is 0 Å². The van der Waals surface area contributed by atoms with Crippen LogP contribution >= 0.6 is 22.6 Å². The van der Waals surface area contributed by atoms with Gasteiger partial charge in [-0.3, -0.25) is 9.89 Å². The fraction of sp³-hybridized carbons (Fsp3) is 0.250. The molecule has 0 saturated heterocycles. The van der Waals surface area contributed by atoms with E-state index in [-0.39, 0.29) is 11.6 Å². The van der Waals surface area contributed by atoms with Gasteiger partial charge < -0.3 is 5.32 Å². The second-order valence-corrected chi connectivity index (χ2v) is 5.10. The summed E-state index contributed by atoms with van der Waals surface area (Å²) in [6.45, 7) is 2.02. The van der Waals surface area contributed by atoms with Crippen molar-refractivity contribution in [3.05, 3.63) is 39.2 Å². The van der Waals surface area contributed by atoms with Crippen molar-refractivity contribution in [3.8, 4) is 0 Å². The zero-order valence-electron chi connectivity index (χ0n) is 10.2. The third-order valence-corrected chi connectivity index (χ3v) is 3.29. The number of hydrogen-bond acceptors (Lipinski definition) is 3. The molecule has 1 amide bonds. The topological polar surface area (TPSA) is 70.7 Å². The maximum atomic E-state index is 12.9. The predicted octanol–water partition coefficient (Wildman–Crippen LogP) is 2.75. The Morgan fingerprint density at radius 1 is 1.53 bits per heavy atom. The summed E-state index contributed by atoms with van der Waals surface area (Å²) < 4.78 is 13.6. The molecule has 1 aromatic heterocycles. The molecule has 2 aromatic rings. The van der Waals surface area contributed by atoms with Gasteiger partial charge in [-0.2, -0.15) is 0 Å². The number of H-pyrrole nitrogens is 1. The lowest BCUT2D eigenvalue weighted by atomic mass is 10.3. The number of anilines is 1. The molecule has 0 spiro atoms. The standard InChI is InChI=1S/C12H12FIN4O/c1-2-3-10-16-11(18-17-10)12(19)15-9-5-4-7(13)6-8(9)14/h4-6H,2-3H2,1H3,(H,15,19)(H,16,17,18). The van der Waals surface area contributed by atoms with E-state index in [1.165, 1.54) is 18.2 Å². The number of carbonyl (C=O) groups excluding carboxylic acids is 1. The fourth-order valence-electron chi connectivity index (χ4n) is 1.51. The van der Waals surface area contributed by atoms with Crippen LogP contribution in [-0.4, -0.2) is 21.1 Å². The molecule has 100 valence electrons. The Bertz CT molecular complexity index is 599. The largest absolute Gasteiger partial charge is 0.318 e. The average molecular weight is 374 g/mol. The highest BCUT2D eigenvalue weighted by Crippen LogP contribution is 2.19.